The summed E-state index contributed by atoms with van der Waals surface area (Å²) in [6.07, 6.45) is 2.04. The Bertz CT molecular complexity index is 287. The van der Waals surface area contributed by atoms with Crippen LogP contribution in [0.15, 0.2) is 9.66 Å². The lowest BCUT2D eigenvalue weighted by Crippen LogP contribution is -2.46. The molecule has 0 radical (unpaired) electrons. The molecule has 0 bridgehead atoms. The van der Waals surface area contributed by atoms with Crippen LogP contribution in [0.5, 0.6) is 0 Å². The highest BCUT2D eigenvalue weighted by Crippen LogP contribution is 2.45. The van der Waals surface area contributed by atoms with Crippen molar-refractivity contribution in [1.82, 2.24) is 0 Å². The fourth-order valence-corrected chi connectivity index (χ4v) is 2.74. The maximum Gasteiger partial charge on any atom is 0.164 e. The lowest BCUT2D eigenvalue weighted by atomic mass is 9.87. The van der Waals surface area contributed by atoms with Gasteiger partial charge in [0.05, 0.1) is 0 Å². The SMILES string of the molecule is CC1(C)O[C@@H]2[C@H](O)C(I)=CC[C@]2(C)O1. The van der Waals surface area contributed by atoms with Gasteiger partial charge >= 0.3 is 0 Å². The largest absolute Gasteiger partial charge is 0.385 e. The van der Waals surface area contributed by atoms with Crippen molar-refractivity contribution in [2.75, 3.05) is 0 Å². The van der Waals surface area contributed by atoms with Gasteiger partial charge in [0.1, 0.15) is 17.8 Å². The highest BCUT2D eigenvalue weighted by Gasteiger charge is 2.54. The van der Waals surface area contributed by atoms with E-state index in [4.69, 9.17) is 9.47 Å². The third kappa shape index (κ3) is 1.62. The lowest BCUT2D eigenvalue weighted by Gasteiger charge is -2.34. The van der Waals surface area contributed by atoms with Crippen molar-refractivity contribution >= 4 is 22.6 Å². The molecule has 2 rings (SSSR count). The molecule has 0 aromatic carbocycles. The van der Waals surface area contributed by atoms with Crippen LogP contribution in [0.25, 0.3) is 0 Å². The van der Waals surface area contributed by atoms with Gasteiger partial charge < -0.3 is 14.6 Å². The van der Waals surface area contributed by atoms with Gasteiger partial charge in [-0.25, -0.2) is 0 Å². The summed E-state index contributed by atoms with van der Waals surface area (Å²) in [5.74, 6) is -0.588. The van der Waals surface area contributed by atoms with Crippen molar-refractivity contribution in [2.24, 2.45) is 0 Å². The average molecular weight is 310 g/mol. The minimum Gasteiger partial charge on any atom is -0.385 e. The zero-order valence-corrected chi connectivity index (χ0v) is 10.7. The molecule has 0 saturated carbocycles. The van der Waals surface area contributed by atoms with Crippen molar-refractivity contribution in [3.8, 4) is 0 Å². The highest BCUT2D eigenvalue weighted by molar-refractivity contribution is 14.1. The van der Waals surface area contributed by atoms with E-state index in [1.165, 1.54) is 0 Å². The third-order valence-electron chi connectivity index (χ3n) is 2.76. The van der Waals surface area contributed by atoms with Crippen LogP contribution in [0.4, 0.5) is 0 Å². The van der Waals surface area contributed by atoms with Crippen LogP contribution in [0.3, 0.4) is 0 Å². The Kier molecular flexibility index (Phi) is 2.46. The van der Waals surface area contributed by atoms with Gasteiger partial charge in [-0.3, -0.25) is 0 Å². The molecular formula is C10H15IO3. The maximum atomic E-state index is 9.96. The van der Waals surface area contributed by atoms with Crippen LogP contribution in [0.1, 0.15) is 27.2 Å². The van der Waals surface area contributed by atoms with Gasteiger partial charge in [-0.05, 0) is 49.8 Å². The molecule has 2 aliphatic rings. The highest BCUT2D eigenvalue weighted by atomic mass is 127. The number of aliphatic hydroxyl groups is 1. The number of aliphatic hydroxyl groups excluding tert-OH is 1. The Morgan fingerprint density at radius 2 is 2.14 bits per heavy atom. The molecule has 0 amide bonds. The summed E-state index contributed by atoms with van der Waals surface area (Å²) < 4.78 is 12.5. The van der Waals surface area contributed by atoms with E-state index in [0.29, 0.717) is 0 Å². The second-order valence-electron chi connectivity index (χ2n) is 4.59. The Morgan fingerprint density at radius 3 is 2.79 bits per heavy atom. The van der Waals surface area contributed by atoms with Gasteiger partial charge in [-0.15, -0.1) is 0 Å². The smallest absolute Gasteiger partial charge is 0.164 e. The fourth-order valence-electron chi connectivity index (χ4n) is 2.20. The van der Waals surface area contributed by atoms with Crippen molar-refractivity contribution in [3.63, 3.8) is 0 Å². The predicted molar refractivity (Wildman–Crippen MR) is 61.2 cm³/mol. The van der Waals surface area contributed by atoms with Crippen LogP contribution < -0.4 is 0 Å². The molecule has 0 aromatic heterocycles. The van der Waals surface area contributed by atoms with Crippen LogP contribution in [-0.4, -0.2) is 28.7 Å². The molecule has 1 fully saturated rings. The number of rotatable bonds is 0. The normalized spacial score (nSPS) is 45.9. The first kappa shape index (κ1) is 10.9. The van der Waals surface area contributed by atoms with E-state index in [-0.39, 0.29) is 11.7 Å². The van der Waals surface area contributed by atoms with Crippen molar-refractivity contribution in [1.29, 1.82) is 0 Å². The number of hydrogen-bond donors (Lipinski definition) is 1. The zero-order chi connectivity index (χ0) is 10.6. The summed E-state index contributed by atoms with van der Waals surface area (Å²) in [4.78, 5) is 0. The zero-order valence-electron chi connectivity index (χ0n) is 8.58. The monoisotopic (exact) mass is 310 g/mol. The minimum absolute atomic E-state index is 0.241. The quantitative estimate of drug-likeness (QED) is 0.695. The van der Waals surface area contributed by atoms with Gasteiger partial charge in [-0.2, -0.15) is 0 Å². The first-order valence-corrected chi connectivity index (χ1v) is 5.84. The molecule has 1 saturated heterocycles. The summed E-state index contributed by atoms with van der Waals surface area (Å²) in [6.45, 7) is 5.77. The van der Waals surface area contributed by atoms with Crippen LogP contribution in [0, 0.1) is 0 Å². The van der Waals surface area contributed by atoms with Crippen LogP contribution >= 0.6 is 22.6 Å². The number of ether oxygens (including phenoxy) is 2. The first-order valence-electron chi connectivity index (χ1n) is 4.76. The Labute approximate surface area is 97.6 Å². The molecule has 0 aromatic rings. The van der Waals surface area contributed by atoms with Crippen molar-refractivity contribution in [3.05, 3.63) is 9.66 Å². The van der Waals surface area contributed by atoms with Gasteiger partial charge in [0.25, 0.3) is 0 Å². The van der Waals surface area contributed by atoms with E-state index in [2.05, 4.69) is 22.6 Å². The van der Waals surface area contributed by atoms with E-state index in [0.717, 1.165) is 10.0 Å². The number of halogens is 1. The fraction of sp³-hybridized carbons (Fsp3) is 0.800. The molecular weight excluding hydrogens is 295 g/mol. The van der Waals surface area contributed by atoms with Gasteiger partial charge in [0.2, 0.25) is 0 Å². The van der Waals surface area contributed by atoms with E-state index in [1.54, 1.807) is 0 Å². The topological polar surface area (TPSA) is 38.7 Å². The van der Waals surface area contributed by atoms with Gasteiger partial charge in [-0.1, -0.05) is 6.08 Å². The molecule has 1 N–H and O–H groups in total. The minimum atomic E-state index is -0.588. The second kappa shape index (κ2) is 3.17. The molecule has 80 valence electrons. The standard InChI is InChI=1S/C10H15IO3/c1-9(2)13-8-7(12)6(11)4-5-10(8,3)14-9/h4,7-8,12H,5H2,1-3H3/t7-,8-,10+/m1/s1. The molecule has 1 aliphatic carbocycles. The summed E-state index contributed by atoms with van der Waals surface area (Å²) in [6, 6.07) is 0. The molecule has 4 heteroatoms. The van der Waals surface area contributed by atoms with Crippen molar-refractivity contribution < 1.29 is 14.6 Å². The number of hydrogen-bond acceptors (Lipinski definition) is 3. The van der Waals surface area contributed by atoms with Crippen molar-refractivity contribution in [2.45, 2.75) is 50.8 Å². The van der Waals surface area contributed by atoms with Crippen LogP contribution in [0.2, 0.25) is 0 Å². The molecule has 14 heavy (non-hydrogen) atoms. The van der Waals surface area contributed by atoms with E-state index in [1.807, 2.05) is 26.8 Å². The Balaban J connectivity index is 2.30. The second-order valence-corrected chi connectivity index (χ2v) is 5.84. The van der Waals surface area contributed by atoms with Gasteiger partial charge in [0, 0.05) is 3.58 Å². The lowest BCUT2D eigenvalue weighted by molar-refractivity contribution is -0.161. The number of fused-ring (bicyclic) bond motifs is 1. The Morgan fingerprint density at radius 1 is 1.50 bits per heavy atom. The van der Waals surface area contributed by atoms with E-state index >= 15 is 0 Å². The summed E-state index contributed by atoms with van der Waals surface area (Å²) in [7, 11) is 0. The van der Waals surface area contributed by atoms with E-state index < -0.39 is 11.9 Å². The first-order chi connectivity index (χ1) is 6.34. The molecule has 1 aliphatic heterocycles. The molecule has 0 spiro atoms. The van der Waals surface area contributed by atoms with Crippen LogP contribution in [-0.2, 0) is 9.47 Å². The molecule has 0 unspecified atom stereocenters. The molecule has 1 heterocycles. The Hall–Kier alpha value is 0.350. The molecule has 3 atom stereocenters. The predicted octanol–water partition coefficient (Wildman–Crippen LogP) is 1.98. The summed E-state index contributed by atoms with van der Waals surface area (Å²) >= 11 is 2.15. The maximum absolute atomic E-state index is 9.96. The summed E-state index contributed by atoms with van der Waals surface area (Å²) in [5.41, 5.74) is -0.377. The van der Waals surface area contributed by atoms with Gasteiger partial charge in [0.15, 0.2) is 5.79 Å². The van der Waals surface area contributed by atoms with E-state index in [9.17, 15) is 5.11 Å². The molecule has 3 nitrogen and oxygen atoms in total. The average Bonchev–Trinajstić information content (AvgIpc) is 2.30. The summed E-state index contributed by atoms with van der Waals surface area (Å²) in [5, 5.41) is 9.96. The third-order valence-corrected chi connectivity index (χ3v) is 3.84.